The van der Waals surface area contributed by atoms with Crippen molar-refractivity contribution < 1.29 is 14.7 Å². The highest BCUT2D eigenvalue weighted by Gasteiger charge is 2.40. The van der Waals surface area contributed by atoms with Gasteiger partial charge in [0.05, 0.1) is 11.3 Å². The van der Waals surface area contributed by atoms with Crippen molar-refractivity contribution in [3.63, 3.8) is 0 Å². The summed E-state index contributed by atoms with van der Waals surface area (Å²) in [4.78, 5) is 29.1. The van der Waals surface area contributed by atoms with E-state index in [1.54, 1.807) is 18.2 Å². The van der Waals surface area contributed by atoms with Crippen LogP contribution >= 0.6 is 0 Å². The van der Waals surface area contributed by atoms with Crippen molar-refractivity contribution in [3.05, 3.63) is 64.9 Å². The highest BCUT2D eigenvalue weighted by Crippen LogP contribution is 2.34. The Labute approximate surface area is 164 Å². The normalized spacial score (nSPS) is 17.6. The average molecular weight is 376 g/mol. The van der Waals surface area contributed by atoms with Gasteiger partial charge in [-0.25, -0.2) is 4.90 Å². The average Bonchev–Trinajstić information content (AvgIpc) is 2.92. The van der Waals surface area contributed by atoms with Crippen LogP contribution in [-0.2, 0) is 9.59 Å². The fourth-order valence-corrected chi connectivity index (χ4v) is 4.05. The number of carbonyl (C=O) groups excluding carboxylic acids is 2. The lowest BCUT2D eigenvalue weighted by molar-refractivity contribution is -0.121. The molecule has 0 aliphatic carbocycles. The quantitative estimate of drug-likeness (QED) is 0.818. The first-order valence-corrected chi connectivity index (χ1v) is 9.72. The van der Waals surface area contributed by atoms with Crippen LogP contribution in [0, 0.1) is 13.8 Å². The molecule has 2 heterocycles. The Morgan fingerprint density at radius 1 is 0.821 bits per heavy atom. The molecule has 0 saturated carbocycles. The van der Waals surface area contributed by atoms with Gasteiger partial charge < -0.3 is 10.0 Å². The lowest BCUT2D eigenvalue weighted by atomic mass is 9.98. The Bertz CT molecular complexity index is 970. The fourth-order valence-electron chi connectivity index (χ4n) is 4.05. The van der Waals surface area contributed by atoms with E-state index in [1.165, 1.54) is 19.3 Å². The third-order valence-corrected chi connectivity index (χ3v) is 5.54. The third kappa shape index (κ3) is 3.07. The van der Waals surface area contributed by atoms with E-state index < -0.39 is 17.6 Å². The van der Waals surface area contributed by atoms with Gasteiger partial charge in [0.15, 0.2) is 5.76 Å². The van der Waals surface area contributed by atoms with E-state index >= 15 is 0 Å². The summed E-state index contributed by atoms with van der Waals surface area (Å²) in [5.41, 5.74) is 4.14. The summed E-state index contributed by atoms with van der Waals surface area (Å²) in [7, 11) is 0. The first-order valence-electron chi connectivity index (χ1n) is 9.72. The largest absolute Gasteiger partial charge is 0.502 e. The lowest BCUT2D eigenvalue weighted by Gasteiger charge is -2.29. The molecule has 0 unspecified atom stereocenters. The minimum atomic E-state index is -0.675. The summed E-state index contributed by atoms with van der Waals surface area (Å²) in [6.45, 7) is 5.89. The minimum absolute atomic E-state index is 0.0719. The third-order valence-electron chi connectivity index (χ3n) is 5.54. The number of piperidine rings is 1. The zero-order valence-electron chi connectivity index (χ0n) is 16.2. The molecular weight excluding hydrogens is 352 g/mol. The number of aryl methyl sites for hydroxylation is 2. The van der Waals surface area contributed by atoms with Crippen molar-refractivity contribution in [2.75, 3.05) is 22.9 Å². The van der Waals surface area contributed by atoms with Gasteiger partial charge in [-0.15, -0.1) is 0 Å². The number of nitrogens with zero attached hydrogens (tertiary/aromatic N) is 2. The first-order chi connectivity index (χ1) is 13.5. The maximum atomic E-state index is 13.0. The summed E-state index contributed by atoms with van der Waals surface area (Å²) < 4.78 is 0. The molecule has 144 valence electrons. The van der Waals surface area contributed by atoms with Gasteiger partial charge in [0.25, 0.3) is 5.91 Å². The molecule has 2 aromatic rings. The molecule has 0 bridgehead atoms. The minimum Gasteiger partial charge on any atom is -0.502 e. The van der Waals surface area contributed by atoms with Crippen molar-refractivity contribution in [2.24, 2.45) is 0 Å². The molecule has 0 spiro atoms. The number of anilines is 2. The second-order valence-electron chi connectivity index (χ2n) is 7.55. The van der Waals surface area contributed by atoms with Crippen LogP contribution in [0.25, 0.3) is 5.57 Å². The summed E-state index contributed by atoms with van der Waals surface area (Å²) >= 11 is 0. The summed E-state index contributed by atoms with van der Waals surface area (Å²) in [6.07, 6.45) is 3.63. The summed E-state index contributed by atoms with van der Waals surface area (Å²) in [5.74, 6) is -1.65. The van der Waals surface area contributed by atoms with E-state index in [0.29, 0.717) is 11.3 Å². The Balaban J connectivity index is 1.63. The molecule has 0 atom stereocenters. The molecule has 2 amide bonds. The zero-order chi connectivity index (χ0) is 19.8. The number of imide groups is 1. The molecule has 0 radical (unpaired) electrons. The molecule has 1 N–H and O–H groups in total. The lowest BCUT2D eigenvalue weighted by Crippen LogP contribution is -2.32. The van der Waals surface area contributed by atoms with E-state index in [9.17, 15) is 14.7 Å². The van der Waals surface area contributed by atoms with Crippen molar-refractivity contribution in [1.29, 1.82) is 0 Å². The number of hydrogen-bond donors (Lipinski definition) is 1. The SMILES string of the molecule is Cc1ccc(C2=C(O)C(=O)N(c3ccc(N4CCCCC4)cc3)C2=O)c(C)c1. The molecule has 2 aliphatic heterocycles. The Hall–Kier alpha value is -3.08. The first kappa shape index (κ1) is 18.3. The Morgan fingerprint density at radius 2 is 1.46 bits per heavy atom. The second kappa shape index (κ2) is 7.15. The summed E-state index contributed by atoms with van der Waals surface area (Å²) in [6, 6.07) is 13.0. The van der Waals surface area contributed by atoms with E-state index in [0.717, 1.165) is 34.8 Å². The molecule has 5 nitrogen and oxygen atoms in total. The van der Waals surface area contributed by atoms with Gasteiger partial charge in [-0.3, -0.25) is 9.59 Å². The van der Waals surface area contributed by atoms with Gasteiger partial charge in [-0.2, -0.15) is 0 Å². The number of rotatable bonds is 3. The predicted octanol–water partition coefficient (Wildman–Crippen LogP) is 4.14. The predicted molar refractivity (Wildman–Crippen MR) is 110 cm³/mol. The molecule has 0 aromatic heterocycles. The smallest absolute Gasteiger partial charge is 0.301 e. The Kier molecular flexibility index (Phi) is 4.67. The molecule has 2 aliphatic rings. The molecule has 5 heteroatoms. The molecule has 4 rings (SSSR count). The van der Waals surface area contributed by atoms with Crippen molar-refractivity contribution >= 4 is 28.8 Å². The van der Waals surface area contributed by atoms with E-state index in [1.807, 2.05) is 38.1 Å². The van der Waals surface area contributed by atoms with Crippen LogP contribution in [0.2, 0.25) is 0 Å². The van der Waals surface area contributed by atoms with Gasteiger partial charge in [0.1, 0.15) is 0 Å². The van der Waals surface area contributed by atoms with Gasteiger partial charge in [-0.05, 0) is 68.5 Å². The second-order valence-corrected chi connectivity index (χ2v) is 7.55. The molecular formula is C23H24N2O3. The molecule has 1 saturated heterocycles. The topological polar surface area (TPSA) is 60.9 Å². The van der Waals surface area contributed by atoms with E-state index in [4.69, 9.17) is 0 Å². The number of aliphatic hydroxyl groups excluding tert-OH is 1. The highest BCUT2D eigenvalue weighted by atomic mass is 16.3. The maximum Gasteiger partial charge on any atom is 0.301 e. The monoisotopic (exact) mass is 376 g/mol. The Morgan fingerprint density at radius 3 is 2.11 bits per heavy atom. The van der Waals surface area contributed by atoms with E-state index in [-0.39, 0.29) is 5.57 Å². The zero-order valence-corrected chi connectivity index (χ0v) is 16.2. The molecule has 2 aromatic carbocycles. The number of amides is 2. The van der Waals surface area contributed by atoms with Crippen LogP contribution in [0.3, 0.4) is 0 Å². The van der Waals surface area contributed by atoms with Crippen LogP contribution in [0.1, 0.15) is 36.0 Å². The van der Waals surface area contributed by atoms with Crippen LogP contribution in [0.4, 0.5) is 11.4 Å². The van der Waals surface area contributed by atoms with Crippen molar-refractivity contribution in [3.8, 4) is 0 Å². The number of benzene rings is 2. The van der Waals surface area contributed by atoms with Crippen LogP contribution in [0.15, 0.2) is 48.2 Å². The van der Waals surface area contributed by atoms with Gasteiger partial charge in [0, 0.05) is 18.8 Å². The standard InChI is InChI=1S/C23H24N2O3/c1-15-6-11-19(16(2)14-15)20-21(26)23(28)25(22(20)27)18-9-7-17(8-10-18)24-12-4-3-5-13-24/h6-11,14,26H,3-5,12-13H2,1-2H3. The van der Waals surface area contributed by atoms with Crippen molar-refractivity contribution in [2.45, 2.75) is 33.1 Å². The van der Waals surface area contributed by atoms with Gasteiger partial charge in [-0.1, -0.05) is 23.8 Å². The van der Waals surface area contributed by atoms with Crippen LogP contribution < -0.4 is 9.80 Å². The van der Waals surface area contributed by atoms with Crippen LogP contribution in [-0.4, -0.2) is 30.0 Å². The van der Waals surface area contributed by atoms with Gasteiger partial charge in [0.2, 0.25) is 0 Å². The van der Waals surface area contributed by atoms with Crippen molar-refractivity contribution in [1.82, 2.24) is 0 Å². The number of carbonyl (C=O) groups is 2. The van der Waals surface area contributed by atoms with Gasteiger partial charge >= 0.3 is 5.91 Å². The number of aliphatic hydroxyl groups is 1. The maximum absolute atomic E-state index is 13.0. The van der Waals surface area contributed by atoms with E-state index in [2.05, 4.69) is 4.90 Å². The molecule has 28 heavy (non-hydrogen) atoms. The number of hydrogen-bond acceptors (Lipinski definition) is 4. The van der Waals surface area contributed by atoms with Crippen LogP contribution in [0.5, 0.6) is 0 Å². The highest BCUT2D eigenvalue weighted by molar-refractivity contribution is 6.45. The molecule has 1 fully saturated rings. The fraction of sp³-hybridized carbons (Fsp3) is 0.304. The summed E-state index contributed by atoms with van der Waals surface area (Å²) in [5, 5.41) is 10.4.